The third-order valence-corrected chi connectivity index (χ3v) is 4.06. The zero-order valence-electron chi connectivity index (χ0n) is 14.5. The van der Waals surface area contributed by atoms with E-state index in [-0.39, 0.29) is 23.5 Å². The highest BCUT2D eigenvalue weighted by Gasteiger charge is 2.36. The summed E-state index contributed by atoms with van der Waals surface area (Å²) in [5.41, 5.74) is 0.455. The van der Waals surface area contributed by atoms with E-state index in [2.05, 4.69) is 15.6 Å². The summed E-state index contributed by atoms with van der Waals surface area (Å²) < 4.78 is 26.1. The van der Waals surface area contributed by atoms with Gasteiger partial charge in [-0.1, -0.05) is 5.21 Å². The lowest BCUT2D eigenvalue weighted by Gasteiger charge is -2.37. The van der Waals surface area contributed by atoms with Gasteiger partial charge < -0.3 is 14.8 Å². The number of carbonyl (C=O) groups is 1. The number of hydrogen-bond acceptors (Lipinski definition) is 5. The van der Waals surface area contributed by atoms with Crippen molar-refractivity contribution in [3.8, 4) is 5.75 Å². The van der Waals surface area contributed by atoms with Gasteiger partial charge in [0.1, 0.15) is 17.2 Å². The van der Waals surface area contributed by atoms with E-state index < -0.39 is 5.60 Å². The molecule has 1 amide bonds. The topological polar surface area (TPSA) is 78.3 Å². The molecule has 0 saturated heterocycles. The Kier molecular flexibility index (Phi) is 4.71. The first kappa shape index (κ1) is 17.3. The SMILES string of the molecule is COCCNC(=O)c1cn([C@H]2CC(C)(C)Oc3ccc(F)cc32)nn1. The lowest BCUT2D eigenvalue weighted by molar-refractivity contribution is 0.0642. The maximum atomic E-state index is 13.7. The van der Waals surface area contributed by atoms with Gasteiger partial charge in [-0.15, -0.1) is 5.10 Å². The van der Waals surface area contributed by atoms with Crippen LogP contribution in [0.4, 0.5) is 4.39 Å². The van der Waals surface area contributed by atoms with Crippen LogP contribution in [0.3, 0.4) is 0 Å². The highest BCUT2D eigenvalue weighted by molar-refractivity contribution is 5.91. The molecule has 0 unspecified atom stereocenters. The number of ether oxygens (including phenoxy) is 2. The largest absolute Gasteiger partial charge is 0.487 e. The summed E-state index contributed by atoms with van der Waals surface area (Å²) >= 11 is 0. The van der Waals surface area contributed by atoms with Crippen molar-refractivity contribution in [1.29, 1.82) is 0 Å². The van der Waals surface area contributed by atoms with Crippen molar-refractivity contribution in [2.24, 2.45) is 0 Å². The number of rotatable bonds is 5. The summed E-state index contributed by atoms with van der Waals surface area (Å²) in [5, 5.41) is 10.7. The second kappa shape index (κ2) is 6.79. The van der Waals surface area contributed by atoms with E-state index >= 15 is 0 Å². The lowest BCUT2D eigenvalue weighted by Crippen LogP contribution is -2.37. The van der Waals surface area contributed by atoms with Gasteiger partial charge in [0.25, 0.3) is 5.91 Å². The van der Waals surface area contributed by atoms with E-state index in [4.69, 9.17) is 9.47 Å². The van der Waals surface area contributed by atoms with E-state index in [0.717, 1.165) is 0 Å². The van der Waals surface area contributed by atoms with E-state index in [1.165, 1.54) is 12.1 Å². The number of aromatic nitrogens is 3. The van der Waals surface area contributed by atoms with Crippen molar-refractivity contribution in [1.82, 2.24) is 20.3 Å². The predicted molar refractivity (Wildman–Crippen MR) is 88.1 cm³/mol. The Morgan fingerprint density at radius 1 is 1.52 bits per heavy atom. The normalized spacial score (nSPS) is 18.3. The first-order chi connectivity index (χ1) is 11.9. The molecule has 0 aliphatic carbocycles. The zero-order valence-corrected chi connectivity index (χ0v) is 14.5. The molecule has 134 valence electrons. The average molecular weight is 348 g/mol. The van der Waals surface area contributed by atoms with Gasteiger partial charge in [-0.3, -0.25) is 4.79 Å². The fraction of sp³-hybridized carbons (Fsp3) is 0.471. The third kappa shape index (κ3) is 3.79. The summed E-state index contributed by atoms with van der Waals surface area (Å²) in [7, 11) is 1.56. The first-order valence-corrected chi connectivity index (χ1v) is 8.07. The predicted octanol–water partition coefficient (Wildman–Crippen LogP) is 1.94. The molecule has 0 radical (unpaired) electrons. The molecule has 1 aliphatic rings. The zero-order chi connectivity index (χ0) is 18.0. The van der Waals surface area contributed by atoms with E-state index in [9.17, 15) is 9.18 Å². The number of fused-ring (bicyclic) bond motifs is 1. The van der Waals surface area contributed by atoms with Crippen LogP contribution in [-0.2, 0) is 4.74 Å². The Morgan fingerprint density at radius 3 is 3.08 bits per heavy atom. The number of carbonyl (C=O) groups excluding carboxylic acids is 1. The van der Waals surface area contributed by atoms with Crippen molar-refractivity contribution < 1.29 is 18.7 Å². The van der Waals surface area contributed by atoms with Crippen LogP contribution in [0.25, 0.3) is 0 Å². The lowest BCUT2D eigenvalue weighted by atomic mass is 9.90. The molecule has 1 N–H and O–H groups in total. The van der Waals surface area contributed by atoms with Crippen LogP contribution in [-0.4, -0.2) is 46.8 Å². The maximum absolute atomic E-state index is 13.7. The van der Waals surface area contributed by atoms with Gasteiger partial charge in [0.2, 0.25) is 0 Å². The van der Waals surface area contributed by atoms with Crippen LogP contribution in [0.15, 0.2) is 24.4 Å². The molecule has 0 spiro atoms. The van der Waals surface area contributed by atoms with Gasteiger partial charge in [-0.25, -0.2) is 9.07 Å². The quantitative estimate of drug-likeness (QED) is 0.836. The van der Waals surface area contributed by atoms with Crippen LogP contribution < -0.4 is 10.1 Å². The third-order valence-electron chi connectivity index (χ3n) is 4.06. The summed E-state index contributed by atoms with van der Waals surface area (Å²) in [4.78, 5) is 12.1. The Bertz CT molecular complexity index is 775. The van der Waals surface area contributed by atoms with Gasteiger partial charge >= 0.3 is 0 Å². The fourth-order valence-corrected chi connectivity index (χ4v) is 2.91. The molecule has 1 aromatic heterocycles. The highest BCUT2D eigenvalue weighted by Crippen LogP contribution is 2.41. The second-order valence-electron chi connectivity index (χ2n) is 6.60. The molecule has 25 heavy (non-hydrogen) atoms. The average Bonchev–Trinajstić information content (AvgIpc) is 3.04. The number of hydrogen-bond donors (Lipinski definition) is 1. The fourth-order valence-electron chi connectivity index (χ4n) is 2.91. The number of nitrogens with zero attached hydrogens (tertiary/aromatic N) is 3. The van der Waals surface area contributed by atoms with Gasteiger partial charge in [-0.2, -0.15) is 0 Å². The van der Waals surface area contributed by atoms with Crippen LogP contribution in [0.2, 0.25) is 0 Å². The molecule has 7 nitrogen and oxygen atoms in total. The monoisotopic (exact) mass is 348 g/mol. The van der Waals surface area contributed by atoms with Gasteiger partial charge in [0, 0.05) is 25.6 Å². The minimum absolute atomic E-state index is 0.207. The molecule has 3 rings (SSSR count). The van der Waals surface area contributed by atoms with Gasteiger partial charge in [0.05, 0.1) is 18.8 Å². The molecular weight excluding hydrogens is 327 g/mol. The van der Waals surface area contributed by atoms with Crippen molar-refractivity contribution in [3.05, 3.63) is 41.5 Å². The maximum Gasteiger partial charge on any atom is 0.273 e. The van der Waals surface area contributed by atoms with Gasteiger partial charge in [0.15, 0.2) is 5.69 Å². The minimum Gasteiger partial charge on any atom is -0.487 e. The molecule has 2 aromatic rings. The number of methoxy groups -OCH3 is 1. The molecule has 0 bridgehead atoms. The summed E-state index contributed by atoms with van der Waals surface area (Å²) in [6.45, 7) is 4.73. The van der Waals surface area contributed by atoms with Crippen molar-refractivity contribution in [2.45, 2.75) is 31.9 Å². The van der Waals surface area contributed by atoms with Crippen LogP contribution >= 0.6 is 0 Å². The number of benzene rings is 1. The molecule has 1 aromatic carbocycles. The Labute approximate surface area is 145 Å². The van der Waals surface area contributed by atoms with Crippen molar-refractivity contribution in [3.63, 3.8) is 0 Å². The Balaban J connectivity index is 1.87. The Hall–Kier alpha value is -2.48. The van der Waals surface area contributed by atoms with E-state index in [1.54, 1.807) is 24.1 Å². The number of nitrogens with one attached hydrogen (secondary N) is 1. The summed E-state index contributed by atoms with van der Waals surface area (Å²) in [6.07, 6.45) is 2.15. The molecule has 1 atom stereocenters. The van der Waals surface area contributed by atoms with Crippen LogP contribution in [0, 0.1) is 5.82 Å². The molecule has 2 heterocycles. The molecule has 1 aliphatic heterocycles. The summed E-state index contributed by atoms with van der Waals surface area (Å²) in [6, 6.07) is 4.17. The Morgan fingerprint density at radius 2 is 2.32 bits per heavy atom. The molecular formula is C17H21FN4O3. The molecule has 8 heteroatoms. The highest BCUT2D eigenvalue weighted by atomic mass is 19.1. The molecule has 0 fully saturated rings. The number of amides is 1. The van der Waals surface area contributed by atoms with Crippen molar-refractivity contribution >= 4 is 5.91 Å². The summed E-state index contributed by atoms with van der Waals surface area (Å²) in [5.74, 6) is -0.0527. The minimum atomic E-state index is -0.442. The van der Waals surface area contributed by atoms with Crippen LogP contribution in [0.1, 0.15) is 42.4 Å². The van der Waals surface area contributed by atoms with Crippen LogP contribution in [0.5, 0.6) is 5.75 Å². The number of halogens is 1. The smallest absolute Gasteiger partial charge is 0.273 e. The van der Waals surface area contributed by atoms with E-state index in [0.29, 0.717) is 30.9 Å². The van der Waals surface area contributed by atoms with Crippen molar-refractivity contribution in [2.75, 3.05) is 20.3 Å². The standard InChI is InChI=1S/C17H21FN4O3/c1-17(2)9-14(12-8-11(18)4-5-15(12)25-17)22-10-13(20-21-22)16(23)19-6-7-24-3/h4-5,8,10,14H,6-7,9H2,1-3H3,(H,19,23)/t14-/m0/s1. The van der Waals surface area contributed by atoms with E-state index in [1.807, 2.05) is 13.8 Å². The second-order valence-corrected chi connectivity index (χ2v) is 6.60. The van der Waals surface area contributed by atoms with Gasteiger partial charge in [-0.05, 0) is 32.0 Å². The first-order valence-electron chi connectivity index (χ1n) is 8.07. The molecule has 0 saturated carbocycles.